The van der Waals surface area contributed by atoms with Crippen LogP contribution in [0.4, 0.5) is 22.7 Å². The number of nitrogens with one attached hydrogen (secondary N) is 2. The highest BCUT2D eigenvalue weighted by Crippen LogP contribution is 2.31. The summed E-state index contributed by atoms with van der Waals surface area (Å²) >= 11 is 6.82. The zero-order chi connectivity index (χ0) is 21.1. The first-order chi connectivity index (χ1) is 13.8. The Morgan fingerprint density at radius 3 is 2.55 bits per heavy atom. The number of nitrogens with zero attached hydrogens (tertiary/aromatic N) is 3. The average Bonchev–Trinajstić information content (AvgIpc) is 3.04. The molecule has 2 N–H and O–H groups in total. The van der Waals surface area contributed by atoms with Crippen LogP contribution in [0.3, 0.4) is 0 Å². The quantitative estimate of drug-likeness (QED) is 0.415. The minimum Gasteiger partial charge on any atom is -0.319 e. The molecule has 1 heterocycles. The lowest BCUT2D eigenvalue weighted by Gasteiger charge is -2.08. The Bertz CT molecular complexity index is 1080. The second kappa shape index (κ2) is 8.24. The minimum atomic E-state index is -1.26. The Kier molecular flexibility index (Phi) is 5.75. The van der Waals surface area contributed by atoms with E-state index in [-0.39, 0.29) is 10.9 Å². The number of aliphatic imine (C=N–C) groups is 1. The Morgan fingerprint density at radius 2 is 1.90 bits per heavy atom. The molecule has 1 saturated heterocycles. The molecule has 1 aliphatic heterocycles. The van der Waals surface area contributed by atoms with Crippen molar-refractivity contribution >= 4 is 63.1 Å². The van der Waals surface area contributed by atoms with E-state index >= 15 is 0 Å². The number of halogens is 1. The fourth-order valence-electron chi connectivity index (χ4n) is 2.33. The highest BCUT2D eigenvalue weighted by atomic mass is 35.5. The number of hydrogen-bond donors (Lipinski definition) is 2. The molecule has 0 radical (unpaired) electrons. The van der Waals surface area contributed by atoms with Gasteiger partial charge in [0.2, 0.25) is 11.8 Å². The molecule has 0 aromatic heterocycles. The highest BCUT2D eigenvalue weighted by molar-refractivity contribution is 8.16. The summed E-state index contributed by atoms with van der Waals surface area (Å²) in [6.07, 6.45) is 0. The zero-order valence-corrected chi connectivity index (χ0v) is 15.8. The summed E-state index contributed by atoms with van der Waals surface area (Å²) in [7, 11) is 0. The lowest BCUT2D eigenvalue weighted by molar-refractivity contribution is -0.393. The Morgan fingerprint density at radius 1 is 1.17 bits per heavy atom. The van der Waals surface area contributed by atoms with Crippen LogP contribution in [0.15, 0.2) is 47.5 Å². The van der Waals surface area contributed by atoms with Crippen LogP contribution in [0.1, 0.15) is 0 Å². The summed E-state index contributed by atoms with van der Waals surface area (Å²) in [6.45, 7) is 0. The van der Waals surface area contributed by atoms with Crippen LogP contribution in [-0.4, -0.2) is 32.1 Å². The van der Waals surface area contributed by atoms with E-state index in [0.717, 1.165) is 30.0 Å². The number of benzene rings is 2. The van der Waals surface area contributed by atoms with Gasteiger partial charge in [0.1, 0.15) is 5.69 Å². The number of carbonyl (C=O) groups excluding carboxylic acids is 2. The van der Waals surface area contributed by atoms with Gasteiger partial charge >= 0.3 is 0 Å². The lowest BCUT2D eigenvalue weighted by Crippen LogP contribution is -2.34. The third kappa shape index (κ3) is 4.50. The smallest absolute Gasteiger partial charge is 0.299 e. The number of rotatable bonds is 5. The van der Waals surface area contributed by atoms with E-state index in [2.05, 4.69) is 15.6 Å². The molecule has 0 spiro atoms. The highest BCUT2D eigenvalue weighted by Gasteiger charge is 2.37. The van der Waals surface area contributed by atoms with Crippen molar-refractivity contribution in [1.29, 1.82) is 0 Å². The predicted molar refractivity (Wildman–Crippen MR) is 106 cm³/mol. The number of carbonyl (C=O) groups is 2. The first kappa shape index (κ1) is 20.2. The molecular formula is C16H10ClN5O6S. The van der Waals surface area contributed by atoms with Gasteiger partial charge in [0.15, 0.2) is 10.4 Å². The van der Waals surface area contributed by atoms with Crippen molar-refractivity contribution in [2.45, 2.75) is 5.25 Å². The molecule has 2 aromatic rings. The predicted octanol–water partition coefficient (Wildman–Crippen LogP) is 3.01. The molecule has 2 aromatic carbocycles. The Balaban J connectivity index is 1.80. The van der Waals surface area contributed by atoms with E-state index < -0.39 is 38.3 Å². The number of para-hydroxylation sites is 1. The minimum absolute atomic E-state index is 0.140. The van der Waals surface area contributed by atoms with Crippen LogP contribution in [0.2, 0.25) is 5.02 Å². The summed E-state index contributed by atoms with van der Waals surface area (Å²) in [5.74, 6) is -1.50. The number of thioether (sulfide) groups is 1. The topological polar surface area (TPSA) is 157 Å². The molecule has 148 valence electrons. The maximum absolute atomic E-state index is 12.5. The van der Waals surface area contributed by atoms with E-state index in [1.165, 1.54) is 0 Å². The van der Waals surface area contributed by atoms with Gasteiger partial charge in [-0.15, -0.1) is 0 Å². The van der Waals surface area contributed by atoms with E-state index in [9.17, 15) is 29.8 Å². The van der Waals surface area contributed by atoms with Crippen LogP contribution in [-0.2, 0) is 9.59 Å². The molecule has 11 nitrogen and oxygen atoms in total. The number of anilines is 1. The van der Waals surface area contributed by atoms with E-state index in [4.69, 9.17) is 11.6 Å². The monoisotopic (exact) mass is 435 g/mol. The van der Waals surface area contributed by atoms with Gasteiger partial charge in [0.05, 0.1) is 26.6 Å². The van der Waals surface area contributed by atoms with Gasteiger partial charge in [-0.3, -0.25) is 29.8 Å². The number of nitro groups is 2. The zero-order valence-electron chi connectivity index (χ0n) is 14.2. The molecule has 29 heavy (non-hydrogen) atoms. The first-order valence-electron chi connectivity index (χ1n) is 7.80. The van der Waals surface area contributed by atoms with Crippen molar-refractivity contribution in [1.82, 2.24) is 5.32 Å². The van der Waals surface area contributed by atoms with E-state index in [1.807, 2.05) is 0 Å². The van der Waals surface area contributed by atoms with Crippen LogP contribution < -0.4 is 10.6 Å². The molecular weight excluding hydrogens is 426 g/mol. The lowest BCUT2D eigenvalue weighted by atomic mass is 10.2. The van der Waals surface area contributed by atoms with Crippen LogP contribution in [0.25, 0.3) is 0 Å². The van der Waals surface area contributed by atoms with Gasteiger partial charge < -0.3 is 10.6 Å². The van der Waals surface area contributed by atoms with E-state index in [0.29, 0.717) is 10.7 Å². The summed E-state index contributed by atoms with van der Waals surface area (Å²) in [5, 5.41) is 25.9. The molecule has 13 heteroatoms. The molecule has 1 aliphatic rings. The summed E-state index contributed by atoms with van der Waals surface area (Å²) in [5.41, 5.74) is -1.04. The number of non-ortho nitro benzene ring substituents is 1. The van der Waals surface area contributed by atoms with Crippen LogP contribution >= 0.6 is 23.4 Å². The molecule has 0 bridgehead atoms. The van der Waals surface area contributed by atoms with Gasteiger partial charge in [0.25, 0.3) is 11.4 Å². The van der Waals surface area contributed by atoms with Crippen molar-refractivity contribution in [3.05, 3.63) is 67.7 Å². The average molecular weight is 436 g/mol. The van der Waals surface area contributed by atoms with Gasteiger partial charge in [-0.2, -0.15) is 0 Å². The number of nitro benzene ring substituents is 2. The molecule has 2 amide bonds. The molecule has 0 saturated carbocycles. The van der Waals surface area contributed by atoms with Crippen molar-refractivity contribution in [3.63, 3.8) is 0 Å². The van der Waals surface area contributed by atoms with Gasteiger partial charge in [0, 0.05) is 6.07 Å². The summed E-state index contributed by atoms with van der Waals surface area (Å²) < 4.78 is 0. The second-order valence-electron chi connectivity index (χ2n) is 5.56. The number of hydrogen-bond acceptors (Lipinski definition) is 8. The number of amides is 2. The Labute approximate surface area is 171 Å². The fraction of sp³-hybridized carbons (Fsp3) is 0.0625. The normalized spacial score (nSPS) is 17.1. The molecule has 1 atom stereocenters. The van der Waals surface area contributed by atoms with Crippen LogP contribution in [0.5, 0.6) is 0 Å². The van der Waals surface area contributed by atoms with Crippen molar-refractivity contribution in [2.24, 2.45) is 4.99 Å². The van der Waals surface area contributed by atoms with Crippen molar-refractivity contribution < 1.29 is 19.4 Å². The van der Waals surface area contributed by atoms with Gasteiger partial charge in [-0.1, -0.05) is 35.5 Å². The maximum atomic E-state index is 12.5. The maximum Gasteiger partial charge on any atom is 0.299 e. The largest absolute Gasteiger partial charge is 0.319 e. The fourth-order valence-corrected chi connectivity index (χ4v) is 3.38. The van der Waals surface area contributed by atoms with E-state index in [1.54, 1.807) is 24.3 Å². The first-order valence-corrected chi connectivity index (χ1v) is 9.06. The molecule has 0 unspecified atom stereocenters. The molecule has 3 rings (SSSR count). The third-order valence-electron chi connectivity index (χ3n) is 3.66. The summed E-state index contributed by atoms with van der Waals surface area (Å²) in [4.78, 5) is 49.0. The third-order valence-corrected chi connectivity index (χ3v) is 5.06. The van der Waals surface area contributed by atoms with Gasteiger partial charge in [-0.05, 0) is 18.2 Å². The number of amidine groups is 1. The van der Waals surface area contributed by atoms with Crippen molar-refractivity contribution in [3.8, 4) is 0 Å². The SMILES string of the molecule is O=C1NC(=Nc2ccccc2Cl)S[C@H]1C(=O)Nc1ccc([N+](=O)[O-])cc1[N+](=O)[O-]. The Hall–Kier alpha value is -3.51. The molecule has 1 fully saturated rings. The van der Waals surface area contributed by atoms with Crippen molar-refractivity contribution in [2.75, 3.05) is 5.32 Å². The summed E-state index contributed by atoms with van der Waals surface area (Å²) in [6, 6.07) is 9.40. The molecule has 0 aliphatic carbocycles. The van der Waals surface area contributed by atoms with Crippen LogP contribution in [0, 0.1) is 20.2 Å². The second-order valence-corrected chi connectivity index (χ2v) is 7.06. The standard InChI is InChI=1S/C16H10ClN5O6S/c17-9-3-1-2-4-10(9)19-16-20-15(24)13(29-16)14(23)18-11-6-5-8(21(25)26)7-12(11)22(27)28/h1-7,13H,(H,18,23)(H,19,20,24)/t13-/m0/s1. The van der Waals surface area contributed by atoms with Gasteiger partial charge in [-0.25, -0.2) is 4.99 Å².